The van der Waals surface area contributed by atoms with E-state index in [1.54, 1.807) is 14.2 Å². The van der Waals surface area contributed by atoms with E-state index in [2.05, 4.69) is 32.1 Å². The summed E-state index contributed by atoms with van der Waals surface area (Å²) < 4.78 is 35.4. The maximum atomic E-state index is 11.0. The second kappa shape index (κ2) is 15.7. The van der Waals surface area contributed by atoms with Gasteiger partial charge >= 0.3 is 0 Å². The maximum absolute atomic E-state index is 11.0. The van der Waals surface area contributed by atoms with Gasteiger partial charge in [0.25, 0.3) is 0 Å². The van der Waals surface area contributed by atoms with Crippen LogP contribution >= 0.6 is 0 Å². The van der Waals surface area contributed by atoms with Crippen LogP contribution in [0.25, 0.3) is 0 Å². The molecule has 1 aliphatic heterocycles. The summed E-state index contributed by atoms with van der Waals surface area (Å²) in [6.07, 6.45) is 1.25. The summed E-state index contributed by atoms with van der Waals surface area (Å²) >= 11 is 0. The molecule has 2 aromatic carbocycles. The summed E-state index contributed by atoms with van der Waals surface area (Å²) in [7, 11) is 3.39. The lowest BCUT2D eigenvalue weighted by molar-refractivity contribution is -0.148. The van der Waals surface area contributed by atoms with Gasteiger partial charge in [0.1, 0.15) is 18.0 Å². The third-order valence-corrected chi connectivity index (χ3v) is 7.31. The van der Waals surface area contributed by atoms with E-state index in [4.69, 9.17) is 28.4 Å². The van der Waals surface area contributed by atoms with Crippen LogP contribution in [0.5, 0.6) is 5.75 Å². The molecule has 3 rings (SSSR count). The van der Waals surface area contributed by atoms with Gasteiger partial charge in [0.05, 0.1) is 39.1 Å². The number of methoxy groups -OCH3 is 2. The number of hydrogen-bond donors (Lipinski definition) is 1. The van der Waals surface area contributed by atoms with Gasteiger partial charge in [0.2, 0.25) is 0 Å². The second-order valence-corrected chi connectivity index (χ2v) is 11.3. The zero-order valence-corrected chi connectivity index (χ0v) is 25.2. The van der Waals surface area contributed by atoms with Crippen LogP contribution in [0.15, 0.2) is 66.2 Å². The molecule has 0 bridgehead atoms. The topological polar surface area (TPSA) is 75.6 Å². The Kier molecular flexibility index (Phi) is 12.6. The van der Waals surface area contributed by atoms with E-state index in [0.29, 0.717) is 26.4 Å². The fourth-order valence-electron chi connectivity index (χ4n) is 5.07. The molecule has 1 heterocycles. The molecule has 7 heteroatoms. The number of aliphatic hydroxyl groups is 1. The summed E-state index contributed by atoms with van der Waals surface area (Å²) in [5, 5.41) is 11.0. The smallest absolute Gasteiger partial charge is 0.163 e. The van der Waals surface area contributed by atoms with Crippen LogP contribution in [-0.2, 0) is 36.9 Å². The minimum Gasteiger partial charge on any atom is -0.497 e. The van der Waals surface area contributed by atoms with Crippen LogP contribution in [0.4, 0.5) is 0 Å². The van der Waals surface area contributed by atoms with Crippen molar-refractivity contribution in [2.24, 2.45) is 11.8 Å². The Morgan fingerprint density at radius 3 is 2.30 bits per heavy atom. The molecule has 0 radical (unpaired) electrons. The molecule has 7 nitrogen and oxygen atoms in total. The minimum atomic E-state index is -0.766. The Morgan fingerprint density at radius 1 is 1.02 bits per heavy atom. The first-order valence-corrected chi connectivity index (χ1v) is 14.2. The summed E-state index contributed by atoms with van der Waals surface area (Å²) in [5.74, 6) is 0.337. The first kappa shape index (κ1) is 32.3. The molecule has 1 fully saturated rings. The van der Waals surface area contributed by atoms with Crippen LogP contribution in [-0.4, -0.2) is 62.7 Å². The van der Waals surface area contributed by atoms with Crippen LogP contribution in [0.2, 0.25) is 0 Å². The van der Waals surface area contributed by atoms with Gasteiger partial charge < -0.3 is 33.5 Å². The highest BCUT2D eigenvalue weighted by atomic mass is 16.7. The molecule has 1 saturated heterocycles. The standard InChI is InChI=1S/C33H48O7/c1-23(19-37-20-26-11-9-8-10-12-26)17-29(36-7)32(38-21-27-13-15-28(35-6)16-14-27)25(3)18-24(2)31(34)30-22-39-33(4,5)40-30/h8-16,18,23,25,29-32,34H,17,19-22H2,1-7H3/b24-18-/t23-,25-,29-,30-,31+,32+/m0/s1. The van der Waals surface area contributed by atoms with Crippen molar-refractivity contribution < 1.29 is 33.5 Å². The van der Waals surface area contributed by atoms with Gasteiger partial charge in [0, 0.05) is 19.6 Å². The second-order valence-electron chi connectivity index (χ2n) is 11.3. The van der Waals surface area contributed by atoms with Crippen LogP contribution < -0.4 is 4.74 Å². The van der Waals surface area contributed by atoms with Crippen LogP contribution in [0.1, 0.15) is 52.2 Å². The van der Waals surface area contributed by atoms with E-state index < -0.39 is 18.0 Å². The van der Waals surface area contributed by atoms with E-state index in [9.17, 15) is 5.11 Å². The zero-order chi connectivity index (χ0) is 29.1. The molecular weight excluding hydrogens is 508 g/mol. The Morgan fingerprint density at radius 2 is 1.70 bits per heavy atom. The highest BCUT2D eigenvalue weighted by Gasteiger charge is 2.38. The van der Waals surface area contributed by atoms with E-state index in [1.165, 1.54) is 0 Å². The van der Waals surface area contributed by atoms with E-state index >= 15 is 0 Å². The normalized spacial score (nSPS) is 21.0. The molecule has 0 amide bonds. The van der Waals surface area contributed by atoms with E-state index in [1.807, 2.05) is 63.2 Å². The fraction of sp³-hybridized carbons (Fsp3) is 0.576. The summed E-state index contributed by atoms with van der Waals surface area (Å²) in [6.45, 7) is 11.9. The number of aliphatic hydroxyl groups excluding tert-OH is 1. The molecule has 0 aromatic heterocycles. The van der Waals surface area contributed by atoms with Gasteiger partial charge in [-0.25, -0.2) is 0 Å². The Balaban J connectivity index is 1.68. The van der Waals surface area contributed by atoms with Crippen molar-refractivity contribution in [3.05, 3.63) is 77.4 Å². The summed E-state index contributed by atoms with van der Waals surface area (Å²) in [4.78, 5) is 0. The van der Waals surface area contributed by atoms with Gasteiger partial charge in [-0.15, -0.1) is 0 Å². The number of hydrogen-bond acceptors (Lipinski definition) is 7. The average Bonchev–Trinajstić information content (AvgIpc) is 3.32. The van der Waals surface area contributed by atoms with Crippen molar-refractivity contribution in [3.8, 4) is 5.75 Å². The maximum Gasteiger partial charge on any atom is 0.163 e. The molecule has 6 atom stereocenters. The van der Waals surface area contributed by atoms with Gasteiger partial charge in [0.15, 0.2) is 5.79 Å². The fourth-order valence-corrected chi connectivity index (χ4v) is 5.07. The lowest BCUT2D eigenvalue weighted by Crippen LogP contribution is -2.38. The van der Waals surface area contributed by atoms with Crippen LogP contribution in [0, 0.1) is 11.8 Å². The van der Waals surface area contributed by atoms with Gasteiger partial charge in [-0.05, 0) is 61.9 Å². The summed E-state index contributed by atoms with van der Waals surface area (Å²) in [6, 6.07) is 18.1. The van der Waals surface area contributed by atoms with Crippen molar-refractivity contribution in [3.63, 3.8) is 0 Å². The predicted octanol–water partition coefficient (Wildman–Crippen LogP) is 5.93. The van der Waals surface area contributed by atoms with E-state index in [0.717, 1.165) is 28.9 Å². The highest BCUT2D eigenvalue weighted by molar-refractivity contribution is 5.26. The molecule has 222 valence electrons. The first-order chi connectivity index (χ1) is 19.1. The van der Waals surface area contributed by atoms with Gasteiger partial charge in [-0.3, -0.25) is 0 Å². The molecule has 0 saturated carbocycles. The third kappa shape index (κ3) is 9.98. The SMILES string of the molecule is COc1ccc(CO[C@@H]([C@H](C[C@H](C)COCc2ccccc2)OC)[C@@H](C)/C=C(/C)[C@@H](O)[C@@H]2COC(C)(C)O2)cc1. The van der Waals surface area contributed by atoms with Crippen molar-refractivity contribution in [1.82, 2.24) is 0 Å². The molecule has 0 spiro atoms. The molecule has 1 N–H and O–H groups in total. The van der Waals surface area contributed by atoms with Gasteiger partial charge in [-0.1, -0.05) is 62.4 Å². The largest absolute Gasteiger partial charge is 0.497 e. The molecule has 40 heavy (non-hydrogen) atoms. The first-order valence-electron chi connectivity index (χ1n) is 14.2. The van der Waals surface area contributed by atoms with Crippen molar-refractivity contribution in [2.75, 3.05) is 27.4 Å². The Bertz CT molecular complexity index is 1020. The van der Waals surface area contributed by atoms with Crippen molar-refractivity contribution in [1.29, 1.82) is 0 Å². The minimum absolute atomic E-state index is 0.0365. The Labute approximate surface area is 240 Å². The molecule has 0 aliphatic carbocycles. The number of benzene rings is 2. The molecule has 0 unspecified atom stereocenters. The molecule has 1 aliphatic rings. The molecule has 2 aromatic rings. The van der Waals surface area contributed by atoms with Gasteiger partial charge in [-0.2, -0.15) is 0 Å². The average molecular weight is 557 g/mol. The lowest BCUT2D eigenvalue weighted by atomic mass is 9.90. The lowest BCUT2D eigenvalue weighted by Gasteiger charge is -2.32. The van der Waals surface area contributed by atoms with Crippen molar-refractivity contribution in [2.45, 2.75) is 84.5 Å². The Hall–Kier alpha value is -2.26. The summed E-state index contributed by atoms with van der Waals surface area (Å²) in [5.41, 5.74) is 3.03. The number of rotatable bonds is 16. The zero-order valence-electron chi connectivity index (χ0n) is 25.2. The quantitative estimate of drug-likeness (QED) is 0.257. The molecular formula is C33H48O7. The monoisotopic (exact) mass is 556 g/mol. The predicted molar refractivity (Wildman–Crippen MR) is 156 cm³/mol. The highest BCUT2D eigenvalue weighted by Crippen LogP contribution is 2.29. The number of ether oxygens (including phenoxy) is 6. The van der Waals surface area contributed by atoms with Crippen LogP contribution in [0.3, 0.4) is 0 Å². The third-order valence-electron chi connectivity index (χ3n) is 7.31. The van der Waals surface area contributed by atoms with Crippen molar-refractivity contribution >= 4 is 0 Å². The van der Waals surface area contributed by atoms with E-state index in [-0.39, 0.29) is 24.0 Å².